The van der Waals surface area contributed by atoms with Crippen LogP contribution in [0.25, 0.3) is 0 Å². The summed E-state index contributed by atoms with van der Waals surface area (Å²) < 4.78 is 6.65. The van der Waals surface area contributed by atoms with Gasteiger partial charge in [-0.25, -0.2) is 9.78 Å². The molecule has 1 amide bonds. The number of aromatic nitrogens is 2. The van der Waals surface area contributed by atoms with Gasteiger partial charge >= 0.3 is 5.97 Å². The summed E-state index contributed by atoms with van der Waals surface area (Å²) in [7, 11) is 1.16. The number of esters is 1. The molecule has 0 aliphatic rings. The minimum absolute atomic E-state index is 0.0169. The number of carbonyl (C=O) groups excluding carboxylic acids is 2. The quantitative estimate of drug-likeness (QED) is 0.349. The Hall–Kier alpha value is -4.01. The third-order valence-corrected chi connectivity index (χ3v) is 4.61. The van der Waals surface area contributed by atoms with E-state index in [0.29, 0.717) is 12.2 Å². The summed E-state index contributed by atoms with van der Waals surface area (Å²) in [5, 5.41) is 13.9. The molecule has 3 aromatic rings. The number of methoxy groups -OCH3 is 1. The number of carbonyl (C=O) groups is 2. The van der Waals surface area contributed by atoms with E-state index in [-0.39, 0.29) is 22.7 Å². The molecule has 1 heterocycles. The zero-order chi connectivity index (χ0) is 22.5. The van der Waals surface area contributed by atoms with Crippen molar-refractivity contribution in [3.63, 3.8) is 0 Å². The van der Waals surface area contributed by atoms with E-state index in [1.165, 1.54) is 6.07 Å². The molecular weight excluding hydrogens is 400 g/mol. The van der Waals surface area contributed by atoms with Gasteiger partial charge in [-0.2, -0.15) is 0 Å². The van der Waals surface area contributed by atoms with E-state index in [9.17, 15) is 19.7 Å². The summed E-state index contributed by atoms with van der Waals surface area (Å²) >= 11 is 0. The smallest absolute Gasteiger partial charge is 0.338 e. The Bertz CT molecular complexity index is 1140. The Morgan fingerprint density at radius 2 is 1.94 bits per heavy atom. The van der Waals surface area contributed by atoms with Gasteiger partial charge < -0.3 is 14.6 Å². The average molecular weight is 422 g/mol. The van der Waals surface area contributed by atoms with E-state index >= 15 is 0 Å². The zero-order valence-electron chi connectivity index (χ0n) is 17.4. The standard InChI is InChI=1S/C22H22N4O5/c1-14(2)20-23-7-8-25(20)13-15-5-4-6-18(9-15)24-21(27)16-10-17(22(28)31-3)12-19(11-16)26(29)30/h4-12,14H,13H2,1-3H3,(H,24,27). The van der Waals surface area contributed by atoms with Crippen molar-refractivity contribution in [1.82, 2.24) is 9.55 Å². The number of imidazole rings is 1. The first-order valence-electron chi connectivity index (χ1n) is 9.57. The first-order valence-corrected chi connectivity index (χ1v) is 9.57. The predicted molar refractivity (Wildman–Crippen MR) is 114 cm³/mol. The van der Waals surface area contributed by atoms with Crippen molar-refractivity contribution >= 4 is 23.3 Å². The second kappa shape index (κ2) is 9.21. The van der Waals surface area contributed by atoms with Crippen molar-refractivity contribution in [2.75, 3.05) is 12.4 Å². The van der Waals surface area contributed by atoms with Crippen molar-refractivity contribution in [3.05, 3.63) is 87.5 Å². The van der Waals surface area contributed by atoms with Crippen LogP contribution < -0.4 is 5.32 Å². The molecule has 160 valence electrons. The highest BCUT2D eigenvalue weighted by Crippen LogP contribution is 2.21. The van der Waals surface area contributed by atoms with Crippen molar-refractivity contribution in [3.8, 4) is 0 Å². The maximum absolute atomic E-state index is 12.7. The maximum Gasteiger partial charge on any atom is 0.338 e. The molecule has 0 aliphatic heterocycles. The normalized spacial score (nSPS) is 10.7. The summed E-state index contributed by atoms with van der Waals surface area (Å²) in [6.07, 6.45) is 3.65. The fourth-order valence-corrected chi connectivity index (χ4v) is 3.19. The lowest BCUT2D eigenvalue weighted by molar-refractivity contribution is -0.384. The molecule has 2 aromatic carbocycles. The first kappa shape index (κ1) is 21.7. The second-order valence-electron chi connectivity index (χ2n) is 7.24. The molecule has 9 nitrogen and oxygen atoms in total. The Kier molecular flexibility index (Phi) is 6.44. The van der Waals surface area contributed by atoms with E-state index < -0.39 is 16.8 Å². The number of nitro groups is 1. The third kappa shape index (κ3) is 5.13. The Labute approximate surface area is 178 Å². The van der Waals surface area contributed by atoms with Crippen LogP contribution in [0.4, 0.5) is 11.4 Å². The topological polar surface area (TPSA) is 116 Å². The van der Waals surface area contributed by atoms with E-state index in [1.54, 1.807) is 12.3 Å². The molecule has 0 aliphatic carbocycles. The number of ether oxygens (including phenoxy) is 1. The largest absolute Gasteiger partial charge is 0.465 e. The maximum atomic E-state index is 12.7. The number of amides is 1. The van der Waals surface area contributed by atoms with Crippen LogP contribution >= 0.6 is 0 Å². The lowest BCUT2D eigenvalue weighted by Crippen LogP contribution is -2.14. The van der Waals surface area contributed by atoms with Gasteiger partial charge in [0.2, 0.25) is 0 Å². The van der Waals surface area contributed by atoms with Crippen LogP contribution in [0, 0.1) is 10.1 Å². The lowest BCUT2D eigenvalue weighted by Gasteiger charge is -2.12. The van der Waals surface area contributed by atoms with Crippen molar-refractivity contribution in [1.29, 1.82) is 0 Å². The molecule has 0 atom stereocenters. The monoisotopic (exact) mass is 422 g/mol. The van der Waals surface area contributed by atoms with Gasteiger partial charge in [-0.3, -0.25) is 14.9 Å². The summed E-state index contributed by atoms with van der Waals surface area (Å²) in [5.41, 5.74) is 1.02. The SMILES string of the molecule is COC(=O)c1cc(C(=O)Nc2cccc(Cn3ccnc3C(C)C)c2)cc([N+](=O)[O-])c1. The van der Waals surface area contributed by atoms with Crippen molar-refractivity contribution in [2.24, 2.45) is 0 Å². The number of anilines is 1. The molecular formula is C22H22N4O5. The van der Waals surface area contributed by atoms with Gasteiger partial charge in [0.25, 0.3) is 11.6 Å². The summed E-state index contributed by atoms with van der Waals surface area (Å²) in [5.74, 6) is -0.102. The zero-order valence-corrected chi connectivity index (χ0v) is 17.4. The van der Waals surface area contributed by atoms with E-state index in [0.717, 1.165) is 30.6 Å². The van der Waals surface area contributed by atoms with Gasteiger partial charge in [0.15, 0.2) is 0 Å². The molecule has 0 bridgehead atoms. The molecule has 0 spiro atoms. The summed E-state index contributed by atoms with van der Waals surface area (Å²) in [4.78, 5) is 39.4. The molecule has 31 heavy (non-hydrogen) atoms. The van der Waals surface area contributed by atoms with Gasteiger partial charge in [-0.15, -0.1) is 0 Å². The number of nitrogens with one attached hydrogen (secondary N) is 1. The molecule has 0 saturated carbocycles. The number of hydrogen-bond acceptors (Lipinski definition) is 6. The minimum atomic E-state index is -0.763. The van der Waals surface area contributed by atoms with Crippen LogP contribution in [-0.2, 0) is 11.3 Å². The fourth-order valence-electron chi connectivity index (χ4n) is 3.19. The number of non-ortho nitro benzene ring substituents is 1. The van der Waals surface area contributed by atoms with Gasteiger partial charge in [-0.05, 0) is 23.8 Å². The van der Waals surface area contributed by atoms with Gasteiger partial charge in [-0.1, -0.05) is 26.0 Å². The number of benzene rings is 2. The van der Waals surface area contributed by atoms with Crippen LogP contribution in [0.3, 0.4) is 0 Å². The van der Waals surface area contributed by atoms with Crippen LogP contribution in [0.2, 0.25) is 0 Å². The highest BCUT2D eigenvalue weighted by atomic mass is 16.6. The molecule has 3 rings (SSSR count). The van der Waals surface area contributed by atoms with Crippen LogP contribution in [-0.4, -0.2) is 33.5 Å². The highest BCUT2D eigenvalue weighted by Gasteiger charge is 2.18. The number of nitro benzene ring substituents is 1. The average Bonchev–Trinajstić information content (AvgIpc) is 3.21. The van der Waals surface area contributed by atoms with Crippen molar-refractivity contribution in [2.45, 2.75) is 26.3 Å². The molecule has 0 unspecified atom stereocenters. The van der Waals surface area contributed by atoms with E-state index in [1.807, 2.05) is 29.0 Å². The van der Waals surface area contributed by atoms with Gasteiger partial charge in [0.05, 0.1) is 17.6 Å². The van der Waals surface area contributed by atoms with Crippen molar-refractivity contribution < 1.29 is 19.2 Å². The van der Waals surface area contributed by atoms with Crippen LogP contribution in [0.15, 0.2) is 54.9 Å². The summed E-state index contributed by atoms with van der Waals surface area (Å²) in [6, 6.07) is 10.7. The second-order valence-corrected chi connectivity index (χ2v) is 7.24. The van der Waals surface area contributed by atoms with E-state index in [2.05, 4.69) is 28.9 Å². The molecule has 0 saturated heterocycles. The van der Waals surface area contributed by atoms with Crippen LogP contribution in [0.1, 0.15) is 51.9 Å². The highest BCUT2D eigenvalue weighted by molar-refractivity contribution is 6.06. The number of nitrogens with zero attached hydrogens (tertiary/aromatic N) is 3. The fraction of sp³-hybridized carbons (Fsp3) is 0.227. The molecule has 1 N–H and O–H groups in total. The minimum Gasteiger partial charge on any atom is -0.465 e. The first-order chi connectivity index (χ1) is 14.8. The summed E-state index contributed by atoms with van der Waals surface area (Å²) in [6.45, 7) is 4.72. The number of hydrogen-bond donors (Lipinski definition) is 1. The van der Waals surface area contributed by atoms with Gasteiger partial charge in [0.1, 0.15) is 5.82 Å². The van der Waals surface area contributed by atoms with E-state index in [4.69, 9.17) is 0 Å². The molecule has 0 fully saturated rings. The molecule has 9 heteroatoms. The Balaban J connectivity index is 1.83. The lowest BCUT2D eigenvalue weighted by atomic mass is 10.1. The number of rotatable bonds is 7. The Morgan fingerprint density at radius 1 is 1.19 bits per heavy atom. The molecule has 1 aromatic heterocycles. The molecule has 0 radical (unpaired) electrons. The van der Waals surface area contributed by atoms with Crippen LogP contribution in [0.5, 0.6) is 0 Å². The Morgan fingerprint density at radius 3 is 2.61 bits per heavy atom. The predicted octanol–water partition coefficient (Wildman–Crippen LogP) is 4.00. The van der Waals surface area contributed by atoms with Gasteiger partial charge in [0, 0.05) is 48.2 Å². The third-order valence-electron chi connectivity index (χ3n) is 4.61.